The Labute approximate surface area is 187 Å². The fourth-order valence-electron chi connectivity index (χ4n) is 2.45. The van der Waals surface area contributed by atoms with E-state index in [0.717, 1.165) is 5.56 Å². The summed E-state index contributed by atoms with van der Waals surface area (Å²) in [6.45, 7) is 4.80. The second-order valence-electron chi connectivity index (χ2n) is 7.95. The average Bonchev–Trinajstić information content (AvgIpc) is 2.75. The van der Waals surface area contributed by atoms with Crippen molar-refractivity contribution in [2.24, 2.45) is 5.41 Å². The summed E-state index contributed by atoms with van der Waals surface area (Å²) in [5.74, 6) is -1.79. The van der Waals surface area contributed by atoms with Gasteiger partial charge in [-0.25, -0.2) is 9.59 Å². The van der Waals surface area contributed by atoms with E-state index < -0.39 is 24.0 Å². The van der Waals surface area contributed by atoms with E-state index in [1.807, 2.05) is 20.8 Å². The van der Waals surface area contributed by atoms with E-state index >= 15 is 0 Å². The SMILES string of the molecule is COCC(=O)OCCN(CCOC(=O)CO)C(=O)c1ccc(CNC(=O)C(C)(C)C)cc1. The van der Waals surface area contributed by atoms with Gasteiger partial charge in [-0.2, -0.15) is 0 Å². The van der Waals surface area contributed by atoms with Crippen LogP contribution >= 0.6 is 0 Å². The molecule has 2 amide bonds. The van der Waals surface area contributed by atoms with Crippen molar-refractivity contribution >= 4 is 23.8 Å². The van der Waals surface area contributed by atoms with E-state index in [1.165, 1.54) is 12.0 Å². The molecular weight excluding hydrogens is 420 g/mol. The van der Waals surface area contributed by atoms with Crippen molar-refractivity contribution in [1.29, 1.82) is 0 Å². The number of ether oxygens (including phenoxy) is 3. The Morgan fingerprint density at radius 1 is 0.969 bits per heavy atom. The van der Waals surface area contributed by atoms with E-state index in [0.29, 0.717) is 12.1 Å². The minimum absolute atomic E-state index is 0.0514. The molecule has 10 nitrogen and oxygen atoms in total. The van der Waals surface area contributed by atoms with Gasteiger partial charge in [-0.15, -0.1) is 0 Å². The van der Waals surface area contributed by atoms with Crippen molar-refractivity contribution in [3.8, 4) is 0 Å². The lowest BCUT2D eigenvalue weighted by atomic mass is 9.95. The monoisotopic (exact) mass is 452 g/mol. The van der Waals surface area contributed by atoms with Gasteiger partial charge >= 0.3 is 11.9 Å². The molecule has 10 heteroatoms. The van der Waals surface area contributed by atoms with Crippen LogP contribution in [0, 0.1) is 5.41 Å². The maximum Gasteiger partial charge on any atom is 0.332 e. The first-order valence-corrected chi connectivity index (χ1v) is 10.2. The van der Waals surface area contributed by atoms with Crippen LogP contribution in [0.3, 0.4) is 0 Å². The molecule has 0 unspecified atom stereocenters. The van der Waals surface area contributed by atoms with E-state index in [1.54, 1.807) is 24.3 Å². The van der Waals surface area contributed by atoms with Crippen LogP contribution in [0.5, 0.6) is 0 Å². The minimum Gasteiger partial charge on any atom is -0.462 e. The zero-order valence-corrected chi connectivity index (χ0v) is 19.0. The highest BCUT2D eigenvalue weighted by molar-refractivity contribution is 5.94. The molecule has 1 aromatic carbocycles. The Hall–Kier alpha value is -2.98. The molecule has 2 N–H and O–H groups in total. The molecule has 0 aliphatic heterocycles. The fourth-order valence-corrected chi connectivity index (χ4v) is 2.45. The number of amides is 2. The quantitative estimate of drug-likeness (QED) is 0.439. The molecule has 1 aromatic rings. The number of hydrogen-bond donors (Lipinski definition) is 2. The number of benzene rings is 1. The van der Waals surface area contributed by atoms with Crippen LogP contribution in [0.1, 0.15) is 36.7 Å². The number of aliphatic hydroxyl groups excluding tert-OH is 1. The number of nitrogens with one attached hydrogen (secondary N) is 1. The number of carbonyl (C=O) groups is 4. The van der Waals surface area contributed by atoms with Gasteiger partial charge < -0.3 is 29.5 Å². The van der Waals surface area contributed by atoms with Crippen LogP contribution in [0.25, 0.3) is 0 Å². The standard InChI is InChI=1S/C22H32N2O8/c1-22(2,3)21(29)23-13-16-5-7-17(8-6-16)20(28)24(9-11-31-18(26)14-25)10-12-32-19(27)15-30-4/h5-8,25H,9-15H2,1-4H3,(H,23,29). The summed E-state index contributed by atoms with van der Waals surface area (Å²) in [5, 5.41) is 11.6. The van der Waals surface area contributed by atoms with E-state index in [2.05, 4.69) is 10.1 Å². The number of rotatable bonds is 12. The summed E-state index contributed by atoms with van der Waals surface area (Å²) in [5.41, 5.74) is 0.714. The molecule has 0 heterocycles. The number of carbonyl (C=O) groups excluding carboxylic acids is 4. The van der Waals surface area contributed by atoms with Crippen LogP contribution in [-0.2, 0) is 35.1 Å². The molecule has 32 heavy (non-hydrogen) atoms. The highest BCUT2D eigenvalue weighted by Crippen LogP contribution is 2.13. The average molecular weight is 453 g/mol. The van der Waals surface area contributed by atoms with Crippen molar-refractivity contribution in [2.75, 3.05) is 46.6 Å². The molecule has 0 atom stereocenters. The number of aliphatic hydroxyl groups is 1. The van der Waals surface area contributed by atoms with Crippen LogP contribution in [-0.4, -0.2) is 80.4 Å². The van der Waals surface area contributed by atoms with E-state index in [9.17, 15) is 19.2 Å². The number of nitrogens with zero attached hydrogens (tertiary/aromatic N) is 1. The van der Waals surface area contributed by atoms with Gasteiger partial charge in [0.1, 0.15) is 26.4 Å². The smallest absolute Gasteiger partial charge is 0.332 e. The lowest BCUT2D eigenvalue weighted by Gasteiger charge is -2.23. The summed E-state index contributed by atoms with van der Waals surface area (Å²) in [6.07, 6.45) is 0. The molecule has 0 bridgehead atoms. The predicted molar refractivity (Wildman–Crippen MR) is 115 cm³/mol. The molecular formula is C22H32N2O8. The molecule has 0 radical (unpaired) electrons. The maximum atomic E-state index is 12.9. The predicted octanol–water partition coefficient (Wildman–Crippen LogP) is 0.516. The molecule has 178 valence electrons. The summed E-state index contributed by atoms with van der Waals surface area (Å²) in [6, 6.07) is 6.73. The molecule has 0 spiro atoms. The maximum absolute atomic E-state index is 12.9. The largest absolute Gasteiger partial charge is 0.462 e. The van der Waals surface area contributed by atoms with Gasteiger partial charge in [-0.3, -0.25) is 9.59 Å². The topological polar surface area (TPSA) is 131 Å². The molecule has 0 saturated carbocycles. The zero-order chi connectivity index (χ0) is 24.1. The highest BCUT2D eigenvalue weighted by atomic mass is 16.6. The minimum atomic E-state index is -0.800. The molecule has 1 rings (SSSR count). The second-order valence-corrected chi connectivity index (χ2v) is 7.95. The van der Waals surface area contributed by atoms with Crippen molar-refractivity contribution in [2.45, 2.75) is 27.3 Å². The zero-order valence-electron chi connectivity index (χ0n) is 19.0. The van der Waals surface area contributed by atoms with E-state index in [-0.39, 0.29) is 44.7 Å². The second kappa shape index (κ2) is 13.4. The van der Waals surface area contributed by atoms with Gasteiger partial charge in [-0.05, 0) is 17.7 Å². The third kappa shape index (κ3) is 9.88. The van der Waals surface area contributed by atoms with Crippen LogP contribution in [0.15, 0.2) is 24.3 Å². The first-order chi connectivity index (χ1) is 15.1. The van der Waals surface area contributed by atoms with Crippen LogP contribution in [0.2, 0.25) is 0 Å². The van der Waals surface area contributed by atoms with Crippen LogP contribution in [0.4, 0.5) is 0 Å². The molecule has 0 aromatic heterocycles. The number of esters is 2. The first kappa shape index (κ1) is 27.1. The summed E-state index contributed by atoms with van der Waals surface area (Å²) >= 11 is 0. The first-order valence-electron chi connectivity index (χ1n) is 10.2. The summed E-state index contributed by atoms with van der Waals surface area (Å²) in [4.78, 5) is 48.8. The molecule has 0 aliphatic rings. The Morgan fingerprint density at radius 3 is 2.03 bits per heavy atom. The van der Waals surface area contributed by atoms with E-state index in [4.69, 9.17) is 14.6 Å². The molecule has 0 saturated heterocycles. The Kier molecular flexibility index (Phi) is 11.4. The Balaban J connectivity index is 2.75. The van der Waals surface area contributed by atoms with Crippen molar-refractivity contribution in [3.63, 3.8) is 0 Å². The Bertz CT molecular complexity index is 771. The summed E-state index contributed by atoms with van der Waals surface area (Å²) < 4.78 is 14.5. The lowest BCUT2D eigenvalue weighted by molar-refractivity contribution is -0.148. The fraction of sp³-hybridized carbons (Fsp3) is 0.545. The number of methoxy groups -OCH3 is 1. The Morgan fingerprint density at radius 2 is 1.53 bits per heavy atom. The lowest BCUT2D eigenvalue weighted by Crippen LogP contribution is -2.37. The number of hydrogen-bond acceptors (Lipinski definition) is 8. The molecule has 0 aliphatic carbocycles. The molecule has 0 fully saturated rings. The van der Waals surface area contributed by atoms with Gasteiger partial charge in [0, 0.05) is 24.6 Å². The van der Waals surface area contributed by atoms with Crippen molar-refractivity contribution in [1.82, 2.24) is 10.2 Å². The highest BCUT2D eigenvalue weighted by Gasteiger charge is 2.21. The van der Waals surface area contributed by atoms with Crippen LogP contribution < -0.4 is 5.32 Å². The third-order valence-electron chi connectivity index (χ3n) is 4.26. The van der Waals surface area contributed by atoms with Gasteiger partial charge in [0.25, 0.3) is 5.91 Å². The van der Waals surface area contributed by atoms with Gasteiger partial charge in [-0.1, -0.05) is 32.9 Å². The van der Waals surface area contributed by atoms with Gasteiger partial charge in [0.15, 0.2) is 0 Å². The van der Waals surface area contributed by atoms with Crippen molar-refractivity contribution in [3.05, 3.63) is 35.4 Å². The van der Waals surface area contributed by atoms with Crippen molar-refractivity contribution < 1.29 is 38.5 Å². The van der Waals surface area contributed by atoms with Gasteiger partial charge in [0.05, 0.1) is 13.1 Å². The summed E-state index contributed by atoms with van der Waals surface area (Å²) in [7, 11) is 1.37. The normalized spacial score (nSPS) is 10.9. The van der Waals surface area contributed by atoms with Gasteiger partial charge in [0.2, 0.25) is 5.91 Å². The third-order valence-corrected chi connectivity index (χ3v) is 4.26.